The minimum atomic E-state index is 0.684. The first-order valence-corrected chi connectivity index (χ1v) is 6.82. The summed E-state index contributed by atoms with van der Waals surface area (Å²) >= 11 is 1.64. The number of aromatic nitrogens is 4. The molecule has 3 heterocycles. The standard InChI is InChI=1S/C13H10N4OS/c1-2-4-10-9(3-1)12-11(5-8-18-10)19-13(15-12)17-7-6-14-16-17/h1-4,6-7H,5,8H2. The smallest absolute Gasteiger partial charge is 0.212 e. The highest BCUT2D eigenvalue weighted by atomic mass is 32.1. The van der Waals surface area contributed by atoms with E-state index in [1.165, 1.54) is 4.88 Å². The van der Waals surface area contributed by atoms with Crippen LogP contribution in [-0.4, -0.2) is 26.6 Å². The largest absolute Gasteiger partial charge is 0.493 e. The maximum Gasteiger partial charge on any atom is 0.212 e. The van der Waals surface area contributed by atoms with Gasteiger partial charge in [-0.3, -0.25) is 0 Å². The number of thiazole rings is 1. The zero-order valence-electron chi connectivity index (χ0n) is 9.98. The molecule has 6 heteroatoms. The molecule has 2 aromatic heterocycles. The molecule has 0 saturated carbocycles. The van der Waals surface area contributed by atoms with Crippen molar-refractivity contribution in [1.82, 2.24) is 20.0 Å². The van der Waals surface area contributed by atoms with E-state index < -0.39 is 0 Å². The fourth-order valence-corrected chi connectivity index (χ4v) is 3.16. The molecule has 19 heavy (non-hydrogen) atoms. The van der Waals surface area contributed by atoms with E-state index in [1.807, 2.05) is 24.3 Å². The predicted octanol–water partition coefficient (Wildman–Crippen LogP) is 2.33. The van der Waals surface area contributed by atoms with Gasteiger partial charge in [-0.05, 0) is 12.1 Å². The number of hydrogen-bond donors (Lipinski definition) is 0. The monoisotopic (exact) mass is 270 g/mol. The number of ether oxygens (including phenoxy) is 1. The molecular formula is C13H10N4OS. The van der Waals surface area contributed by atoms with E-state index in [-0.39, 0.29) is 0 Å². The summed E-state index contributed by atoms with van der Waals surface area (Å²) in [5.74, 6) is 0.900. The van der Waals surface area contributed by atoms with Gasteiger partial charge >= 0.3 is 0 Å². The summed E-state index contributed by atoms with van der Waals surface area (Å²) in [6.07, 6.45) is 4.33. The quantitative estimate of drug-likeness (QED) is 0.681. The summed E-state index contributed by atoms with van der Waals surface area (Å²) in [5, 5.41) is 8.66. The average molecular weight is 270 g/mol. The summed E-state index contributed by atoms with van der Waals surface area (Å²) < 4.78 is 7.45. The zero-order valence-corrected chi connectivity index (χ0v) is 10.8. The van der Waals surface area contributed by atoms with Crippen LogP contribution in [0.2, 0.25) is 0 Å². The summed E-state index contributed by atoms with van der Waals surface area (Å²) in [6.45, 7) is 0.684. The van der Waals surface area contributed by atoms with Crippen LogP contribution in [0.1, 0.15) is 4.88 Å². The Morgan fingerprint density at radius 3 is 3.11 bits per heavy atom. The molecule has 0 atom stereocenters. The molecule has 0 saturated heterocycles. The number of nitrogens with zero attached hydrogens (tertiary/aromatic N) is 4. The van der Waals surface area contributed by atoms with Crippen molar-refractivity contribution in [3.63, 3.8) is 0 Å². The van der Waals surface area contributed by atoms with Crippen molar-refractivity contribution >= 4 is 11.3 Å². The second kappa shape index (κ2) is 4.17. The number of rotatable bonds is 1. The minimum absolute atomic E-state index is 0.684. The van der Waals surface area contributed by atoms with Gasteiger partial charge in [0.2, 0.25) is 5.13 Å². The van der Waals surface area contributed by atoms with Crippen molar-refractivity contribution in [2.24, 2.45) is 0 Å². The lowest BCUT2D eigenvalue weighted by Crippen LogP contribution is -1.97. The maximum atomic E-state index is 5.75. The zero-order chi connectivity index (χ0) is 12.7. The van der Waals surface area contributed by atoms with Crippen LogP contribution in [-0.2, 0) is 6.42 Å². The lowest BCUT2D eigenvalue weighted by atomic mass is 10.1. The Morgan fingerprint density at radius 2 is 2.21 bits per heavy atom. The van der Waals surface area contributed by atoms with E-state index >= 15 is 0 Å². The van der Waals surface area contributed by atoms with Crippen LogP contribution in [0.4, 0.5) is 0 Å². The van der Waals surface area contributed by atoms with Gasteiger partial charge in [0.1, 0.15) is 5.75 Å². The van der Waals surface area contributed by atoms with Crippen LogP contribution < -0.4 is 4.74 Å². The number of fused-ring (bicyclic) bond motifs is 3. The summed E-state index contributed by atoms with van der Waals surface area (Å²) in [7, 11) is 0. The Labute approximate surface area is 113 Å². The van der Waals surface area contributed by atoms with Gasteiger partial charge in [0.05, 0.1) is 24.7 Å². The third-order valence-electron chi connectivity index (χ3n) is 3.03. The molecule has 0 aliphatic carbocycles. The highest BCUT2D eigenvalue weighted by molar-refractivity contribution is 7.14. The second-order valence-corrected chi connectivity index (χ2v) is 5.27. The maximum absolute atomic E-state index is 5.75. The van der Waals surface area contributed by atoms with Crippen molar-refractivity contribution in [2.45, 2.75) is 6.42 Å². The van der Waals surface area contributed by atoms with Gasteiger partial charge in [-0.2, -0.15) is 4.68 Å². The van der Waals surface area contributed by atoms with E-state index in [0.717, 1.165) is 28.6 Å². The molecule has 1 aromatic carbocycles. The van der Waals surface area contributed by atoms with Crippen LogP contribution in [0.5, 0.6) is 5.75 Å². The van der Waals surface area contributed by atoms with Crippen molar-refractivity contribution in [3.8, 4) is 22.1 Å². The fourth-order valence-electron chi connectivity index (χ4n) is 2.17. The van der Waals surface area contributed by atoms with E-state index in [4.69, 9.17) is 9.72 Å². The van der Waals surface area contributed by atoms with Gasteiger partial charge in [0.25, 0.3) is 0 Å². The number of hydrogen-bond acceptors (Lipinski definition) is 5. The third kappa shape index (κ3) is 1.72. The van der Waals surface area contributed by atoms with Gasteiger partial charge in [0, 0.05) is 16.9 Å². The molecule has 0 N–H and O–H groups in total. The van der Waals surface area contributed by atoms with Gasteiger partial charge in [-0.15, -0.1) is 5.10 Å². The Kier molecular flexibility index (Phi) is 2.34. The molecule has 94 valence electrons. The Morgan fingerprint density at radius 1 is 1.26 bits per heavy atom. The molecule has 4 rings (SSSR count). The molecule has 5 nitrogen and oxygen atoms in total. The van der Waals surface area contributed by atoms with Crippen molar-refractivity contribution < 1.29 is 4.74 Å². The highest BCUT2D eigenvalue weighted by Crippen LogP contribution is 2.37. The fraction of sp³-hybridized carbons (Fsp3) is 0.154. The SMILES string of the molecule is c1ccc2c(c1)OCCc1sc(-n3ccnn3)nc1-2. The normalized spacial score (nSPS) is 13.3. The van der Waals surface area contributed by atoms with Crippen molar-refractivity contribution in [2.75, 3.05) is 6.61 Å². The van der Waals surface area contributed by atoms with Crippen LogP contribution in [0.25, 0.3) is 16.4 Å². The molecule has 0 fully saturated rings. The second-order valence-electron chi connectivity index (χ2n) is 4.21. The Bertz CT molecular complexity index is 720. The van der Waals surface area contributed by atoms with Gasteiger partial charge in [-0.1, -0.05) is 28.7 Å². The molecule has 0 bridgehead atoms. The Hall–Kier alpha value is -2.21. The van der Waals surface area contributed by atoms with Gasteiger partial charge in [0.15, 0.2) is 0 Å². The van der Waals surface area contributed by atoms with E-state index in [9.17, 15) is 0 Å². The van der Waals surface area contributed by atoms with Gasteiger partial charge < -0.3 is 4.74 Å². The predicted molar refractivity (Wildman–Crippen MR) is 71.7 cm³/mol. The van der Waals surface area contributed by atoms with Crippen LogP contribution >= 0.6 is 11.3 Å². The summed E-state index contributed by atoms with van der Waals surface area (Å²) in [4.78, 5) is 5.93. The lowest BCUT2D eigenvalue weighted by Gasteiger charge is -2.05. The number of para-hydroxylation sites is 1. The molecule has 3 aromatic rings. The van der Waals surface area contributed by atoms with Crippen LogP contribution in [0.3, 0.4) is 0 Å². The first-order chi connectivity index (χ1) is 9.42. The average Bonchev–Trinajstić information content (AvgIpc) is 3.06. The summed E-state index contributed by atoms with van der Waals surface area (Å²) in [5.41, 5.74) is 2.06. The molecule has 1 aliphatic heterocycles. The van der Waals surface area contributed by atoms with Gasteiger partial charge in [-0.25, -0.2) is 4.98 Å². The molecule has 0 radical (unpaired) electrons. The lowest BCUT2D eigenvalue weighted by molar-refractivity contribution is 0.327. The first kappa shape index (κ1) is 10.7. The molecule has 1 aliphatic rings. The van der Waals surface area contributed by atoms with Crippen LogP contribution in [0, 0.1) is 0 Å². The third-order valence-corrected chi connectivity index (χ3v) is 4.14. The van der Waals surface area contributed by atoms with E-state index in [2.05, 4.69) is 10.3 Å². The van der Waals surface area contributed by atoms with E-state index in [1.54, 1.807) is 28.4 Å². The van der Waals surface area contributed by atoms with Crippen LogP contribution in [0.15, 0.2) is 36.7 Å². The van der Waals surface area contributed by atoms with Crippen molar-refractivity contribution in [3.05, 3.63) is 41.5 Å². The molecular weight excluding hydrogens is 260 g/mol. The minimum Gasteiger partial charge on any atom is -0.493 e. The highest BCUT2D eigenvalue weighted by Gasteiger charge is 2.20. The first-order valence-electron chi connectivity index (χ1n) is 6.00. The molecule has 0 amide bonds. The topological polar surface area (TPSA) is 52.8 Å². The molecule has 0 unspecified atom stereocenters. The number of benzene rings is 1. The van der Waals surface area contributed by atoms with Crippen molar-refractivity contribution in [1.29, 1.82) is 0 Å². The Balaban J connectivity index is 1.90. The van der Waals surface area contributed by atoms with E-state index in [0.29, 0.717) is 6.61 Å². The summed E-state index contributed by atoms with van der Waals surface area (Å²) in [6, 6.07) is 8.02. The molecule has 0 spiro atoms.